The third kappa shape index (κ3) is 8.05. The molecule has 0 bridgehead atoms. The van der Waals surface area contributed by atoms with Gasteiger partial charge in [-0.3, -0.25) is 9.62 Å². The summed E-state index contributed by atoms with van der Waals surface area (Å²) in [6.07, 6.45) is 1.14. The highest BCUT2D eigenvalue weighted by Gasteiger charge is 2.24. The number of carboxylic acid groups (broad SMARTS) is 1. The van der Waals surface area contributed by atoms with Crippen molar-refractivity contribution in [1.29, 1.82) is 0 Å². The van der Waals surface area contributed by atoms with E-state index in [1.54, 1.807) is 37.3 Å². The number of hydrogen-bond donors (Lipinski definition) is 2. The van der Waals surface area contributed by atoms with Crippen molar-refractivity contribution in [3.05, 3.63) is 58.6 Å². The SMILES string of the molecule is Cc1c(Cl)cccc1S(=O)(=O)Nc1ccc2nc(N3CCN(C(C)CC(C)C)CC3)cc(C(=O)O)c2c1.Cl.Cl.Cl. The molecule has 8 nitrogen and oxygen atoms in total. The normalized spacial score (nSPS) is 14.6. The van der Waals surface area contributed by atoms with Crippen LogP contribution in [0, 0.1) is 12.8 Å². The highest BCUT2D eigenvalue weighted by atomic mass is 35.5. The quantitative estimate of drug-likeness (QED) is 0.285. The van der Waals surface area contributed by atoms with E-state index in [0.717, 1.165) is 32.6 Å². The fourth-order valence-corrected chi connectivity index (χ4v) is 6.47. The molecule has 0 radical (unpaired) electrons. The molecule has 4 rings (SSSR count). The number of pyridine rings is 1. The Labute approximate surface area is 259 Å². The zero-order valence-corrected chi connectivity index (χ0v) is 26.8. The fraction of sp³-hybridized carbons (Fsp3) is 0.407. The van der Waals surface area contributed by atoms with Crippen LogP contribution in [0.15, 0.2) is 47.4 Å². The van der Waals surface area contributed by atoms with E-state index in [4.69, 9.17) is 16.6 Å². The Kier molecular flexibility index (Phi) is 13.3. The molecule has 0 saturated carbocycles. The topological polar surface area (TPSA) is 103 Å². The molecular formula is C27H36Cl4N4O4S. The largest absolute Gasteiger partial charge is 0.478 e. The van der Waals surface area contributed by atoms with Crippen LogP contribution in [0.3, 0.4) is 0 Å². The van der Waals surface area contributed by atoms with E-state index >= 15 is 0 Å². The number of benzene rings is 2. The first-order chi connectivity index (χ1) is 17.5. The van der Waals surface area contributed by atoms with Crippen LogP contribution in [0.1, 0.15) is 43.1 Å². The number of fused-ring (bicyclic) bond motifs is 1. The van der Waals surface area contributed by atoms with Gasteiger partial charge >= 0.3 is 5.97 Å². The third-order valence-electron chi connectivity index (χ3n) is 6.86. The van der Waals surface area contributed by atoms with Gasteiger partial charge in [-0.25, -0.2) is 18.2 Å². The summed E-state index contributed by atoms with van der Waals surface area (Å²) in [4.78, 5) is 21.6. The molecule has 1 atom stereocenters. The highest BCUT2D eigenvalue weighted by Crippen LogP contribution is 2.29. The Balaban J connectivity index is 0.00000267. The number of anilines is 2. The number of nitrogens with zero attached hydrogens (tertiary/aromatic N) is 3. The number of aromatic nitrogens is 1. The maximum Gasteiger partial charge on any atom is 0.336 e. The second-order valence-corrected chi connectivity index (χ2v) is 12.1. The summed E-state index contributed by atoms with van der Waals surface area (Å²) in [5.41, 5.74) is 1.26. The number of nitrogens with one attached hydrogen (secondary N) is 1. The van der Waals surface area contributed by atoms with Gasteiger partial charge in [0.25, 0.3) is 10.0 Å². The van der Waals surface area contributed by atoms with E-state index in [1.807, 2.05) is 0 Å². The van der Waals surface area contributed by atoms with E-state index in [9.17, 15) is 18.3 Å². The average Bonchev–Trinajstić information content (AvgIpc) is 2.84. The molecule has 0 amide bonds. The molecule has 1 fully saturated rings. The first-order valence-electron chi connectivity index (χ1n) is 12.4. The molecule has 222 valence electrons. The van der Waals surface area contributed by atoms with Crippen molar-refractivity contribution in [1.82, 2.24) is 9.88 Å². The summed E-state index contributed by atoms with van der Waals surface area (Å²) in [6.45, 7) is 11.6. The van der Waals surface area contributed by atoms with E-state index < -0.39 is 16.0 Å². The van der Waals surface area contributed by atoms with Crippen molar-refractivity contribution >= 4 is 87.2 Å². The summed E-state index contributed by atoms with van der Waals surface area (Å²) in [5.74, 6) is 0.157. The standard InChI is InChI=1S/C27H33ClN4O4S.3ClH/c1-17(2)14-18(3)31-10-12-32(13-11-31)26-16-22(27(33)34)21-15-20(8-9-24(21)29-26)30-37(35,36)25-7-5-6-23(28)19(25)4;;;/h5-9,15-18,30H,10-14H2,1-4H3,(H,33,34);3*1H. The maximum atomic E-state index is 13.0. The van der Waals surface area contributed by atoms with E-state index in [2.05, 4.69) is 35.3 Å². The Bertz CT molecular complexity index is 1430. The predicted octanol–water partition coefficient (Wildman–Crippen LogP) is 6.52. The first kappa shape index (κ1) is 36.0. The summed E-state index contributed by atoms with van der Waals surface area (Å²) in [7, 11) is -3.93. The lowest BCUT2D eigenvalue weighted by Crippen LogP contribution is -2.50. The van der Waals surface area contributed by atoms with Gasteiger partial charge in [-0.1, -0.05) is 31.5 Å². The number of aromatic carboxylic acids is 1. The van der Waals surface area contributed by atoms with E-state index in [0.29, 0.717) is 39.3 Å². The van der Waals surface area contributed by atoms with Crippen LogP contribution in [-0.4, -0.2) is 61.6 Å². The number of piperazine rings is 1. The van der Waals surface area contributed by atoms with Crippen molar-refractivity contribution in [3.8, 4) is 0 Å². The smallest absolute Gasteiger partial charge is 0.336 e. The molecule has 1 saturated heterocycles. The molecule has 0 spiro atoms. The van der Waals surface area contributed by atoms with Gasteiger partial charge in [0, 0.05) is 48.3 Å². The minimum Gasteiger partial charge on any atom is -0.478 e. The molecular weight excluding hydrogens is 618 g/mol. The van der Waals surface area contributed by atoms with Crippen LogP contribution in [0.4, 0.5) is 11.5 Å². The monoisotopic (exact) mass is 652 g/mol. The molecule has 13 heteroatoms. The first-order valence-corrected chi connectivity index (χ1v) is 14.3. The van der Waals surface area contributed by atoms with Gasteiger partial charge in [0.1, 0.15) is 5.82 Å². The number of sulfonamides is 1. The summed E-state index contributed by atoms with van der Waals surface area (Å²) in [6, 6.07) is 11.5. The second kappa shape index (κ2) is 14.8. The van der Waals surface area contributed by atoms with Crippen molar-refractivity contribution in [2.45, 2.75) is 45.1 Å². The minimum absolute atomic E-state index is 0. The molecule has 1 aliphatic rings. The van der Waals surface area contributed by atoms with Crippen molar-refractivity contribution in [2.75, 3.05) is 35.8 Å². The molecule has 1 aliphatic heterocycles. The predicted molar refractivity (Wildman–Crippen MR) is 170 cm³/mol. The van der Waals surface area contributed by atoms with Crippen LogP contribution in [0.25, 0.3) is 10.9 Å². The van der Waals surface area contributed by atoms with Gasteiger partial charge < -0.3 is 10.0 Å². The van der Waals surface area contributed by atoms with Crippen LogP contribution in [0.5, 0.6) is 0 Å². The number of hydrogen-bond acceptors (Lipinski definition) is 6. The molecule has 0 aliphatic carbocycles. The zero-order chi connectivity index (χ0) is 26.9. The lowest BCUT2D eigenvalue weighted by molar-refractivity contribution is 0.0699. The Hall–Kier alpha value is -2.01. The fourth-order valence-electron chi connectivity index (χ4n) is 4.93. The molecule has 2 heterocycles. The number of carboxylic acids is 1. The van der Waals surface area contributed by atoms with Gasteiger partial charge in [-0.05, 0) is 68.1 Å². The van der Waals surface area contributed by atoms with Gasteiger partial charge in [0.2, 0.25) is 0 Å². The molecule has 3 aromatic rings. The molecule has 2 N–H and O–H groups in total. The van der Waals surface area contributed by atoms with Gasteiger partial charge in [-0.2, -0.15) is 0 Å². The number of rotatable bonds is 8. The summed E-state index contributed by atoms with van der Waals surface area (Å²) >= 11 is 6.11. The van der Waals surface area contributed by atoms with Crippen LogP contribution in [0.2, 0.25) is 5.02 Å². The maximum absolute atomic E-state index is 13.0. The zero-order valence-electron chi connectivity index (χ0n) is 22.8. The molecule has 1 aromatic heterocycles. The minimum atomic E-state index is -3.93. The van der Waals surface area contributed by atoms with Crippen LogP contribution >= 0.6 is 48.8 Å². The second-order valence-electron chi connectivity index (χ2n) is 10.0. The average molecular weight is 654 g/mol. The van der Waals surface area contributed by atoms with Crippen molar-refractivity contribution in [2.24, 2.45) is 5.92 Å². The van der Waals surface area contributed by atoms with Crippen LogP contribution < -0.4 is 9.62 Å². The molecule has 40 heavy (non-hydrogen) atoms. The van der Waals surface area contributed by atoms with Crippen molar-refractivity contribution in [3.63, 3.8) is 0 Å². The Morgan fingerprint density at radius 1 is 1.05 bits per heavy atom. The number of carbonyl (C=O) groups is 1. The third-order valence-corrected chi connectivity index (χ3v) is 8.79. The summed E-state index contributed by atoms with van der Waals surface area (Å²) in [5, 5.41) is 10.7. The highest BCUT2D eigenvalue weighted by molar-refractivity contribution is 7.92. The van der Waals surface area contributed by atoms with E-state index in [1.165, 1.54) is 12.1 Å². The Morgan fingerprint density at radius 3 is 2.30 bits per heavy atom. The lowest BCUT2D eigenvalue weighted by Gasteiger charge is -2.39. The van der Waals surface area contributed by atoms with E-state index in [-0.39, 0.29) is 53.4 Å². The number of halogens is 4. The molecule has 2 aromatic carbocycles. The van der Waals surface area contributed by atoms with Crippen LogP contribution in [-0.2, 0) is 10.0 Å². The van der Waals surface area contributed by atoms with Gasteiger partial charge in [-0.15, -0.1) is 37.2 Å². The van der Waals surface area contributed by atoms with Crippen molar-refractivity contribution < 1.29 is 18.3 Å². The van der Waals surface area contributed by atoms with Gasteiger partial charge in [0.05, 0.1) is 16.0 Å². The Morgan fingerprint density at radius 2 is 1.70 bits per heavy atom. The lowest BCUT2D eigenvalue weighted by atomic mass is 10.0. The summed E-state index contributed by atoms with van der Waals surface area (Å²) < 4.78 is 28.6. The molecule has 1 unspecified atom stereocenters. The van der Waals surface area contributed by atoms with Gasteiger partial charge in [0.15, 0.2) is 0 Å².